The third kappa shape index (κ3) is 3.75. The molecule has 0 aromatic heterocycles. The highest BCUT2D eigenvalue weighted by molar-refractivity contribution is 6.22. The first kappa shape index (κ1) is 19.9. The smallest absolute Gasteiger partial charge is 0.310 e. The van der Waals surface area contributed by atoms with E-state index in [0.29, 0.717) is 31.7 Å². The highest BCUT2D eigenvalue weighted by Gasteiger charge is 2.44. The van der Waals surface area contributed by atoms with E-state index in [4.69, 9.17) is 4.74 Å². The average molecular weight is 389 g/mol. The van der Waals surface area contributed by atoms with Gasteiger partial charge in [0.1, 0.15) is 0 Å². The standard InChI is InChI=1S/C19H23N3O6/c1-3-28-19(25)13-5-4-8-20(11-13)16-10-17(23)21(18(16)24)14-7-6-12(2)15(9-14)22(26)27/h6-7,9,13,16H,3-5,8,10-11H2,1-2H3/t13-,16-/m0/s1. The average Bonchev–Trinajstić information content (AvgIpc) is 2.97. The fourth-order valence-electron chi connectivity index (χ4n) is 3.85. The number of nitro benzene ring substituents is 1. The molecule has 2 heterocycles. The number of rotatable bonds is 5. The maximum atomic E-state index is 13.0. The highest BCUT2D eigenvalue weighted by atomic mass is 16.6. The van der Waals surface area contributed by atoms with Gasteiger partial charge in [-0.15, -0.1) is 0 Å². The number of aryl methyl sites for hydroxylation is 1. The van der Waals surface area contributed by atoms with E-state index in [1.54, 1.807) is 13.8 Å². The van der Waals surface area contributed by atoms with Gasteiger partial charge in [-0.2, -0.15) is 0 Å². The second kappa shape index (κ2) is 8.05. The molecule has 0 aliphatic carbocycles. The number of ether oxygens (including phenoxy) is 1. The Labute approximate surface area is 162 Å². The third-order valence-electron chi connectivity index (χ3n) is 5.28. The van der Waals surface area contributed by atoms with Crippen molar-refractivity contribution in [2.45, 2.75) is 39.2 Å². The minimum atomic E-state index is -0.662. The Morgan fingerprint density at radius 2 is 2.11 bits per heavy atom. The molecule has 2 saturated heterocycles. The molecule has 2 fully saturated rings. The Morgan fingerprint density at radius 3 is 2.79 bits per heavy atom. The van der Waals surface area contributed by atoms with Crippen LogP contribution in [0.15, 0.2) is 18.2 Å². The molecule has 2 aliphatic heterocycles. The van der Waals surface area contributed by atoms with Crippen LogP contribution in [0.3, 0.4) is 0 Å². The second-order valence-corrected chi connectivity index (χ2v) is 7.10. The fraction of sp³-hybridized carbons (Fsp3) is 0.526. The Kier molecular flexibility index (Phi) is 5.73. The molecule has 150 valence electrons. The molecule has 3 rings (SSSR count). The lowest BCUT2D eigenvalue weighted by molar-refractivity contribution is -0.385. The summed E-state index contributed by atoms with van der Waals surface area (Å²) in [6.45, 7) is 4.62. The van der Waals surface area contributed by atoms with Crippen molar-refractivity contribution in [1.29, 1.82) is 0 Å². The summed E-state index contributed by atoms with van der Waals surface area (Å²) in [7, 11) is 0. The molecular formula is C19H23N3O6. The number of esters is 1. The number of anilines is 1. The quantitative estimate of drug-likeness (QED) is 0.327. The number of carbonyl (C=O) groups is 3. The first-order valence-electron chi connectivity index (χ1n) is 9.36. The molecule has 2 aliphatic rings. The lowest BCUT2D eigenvalue weighted by Crippen LogP contribution is -2.48. The molecule has 2 atom stereocenters. The lowest BCUT2D eigenvalue weighted by atomic mass is 9.96. The molecule has 0 unspecified atom stereocenters. The zero-order chi connectivity index (χ0) is 20.4. The van der Waals surface area contributed by atoms with Crippen molar-refractivity contribution in [1.82, 2.24) is 4.90 Å². The van der Waals surface area contributed by atoms with Crippen LogP contribution in [-0.4, -0.2) is 53.3 Å². The maximum absolute atomic E-state index is 13.0. The van der Waals surface area contributed by atoms with E-state index in [1.165, 1.54) is 18.2 Å². The van der Waals surface area contributed by atoms with Gasteiger partial charge in [0, 0.05) is 18.2 Å². The van der Waals surface area contributed by atoms with Gasteiger partial charge in [-0.3, -0.25) is 29.4 Å². The molecular weight excluding hydrogens is 366 g/mol. The molecule has 28 heavy (non-hydrogen) atoms. The molecule has 9 heteroatoms. The maximum Gasteiger partial charge on any atom is 0.310 e. The number of nitro groups is 1. The van der Waals surface area contributed by atoms with Crippen LogP contribution < -0.4 is 4.90 Å². The molecule has 0 bridgehead atoms. The summed E-state index contributed by atoms with van der Waals surface area (Å²) in [5, 5.41) is 11.2. The van der Waals surface area contributed by atoms with Gasteiger partial charge in [0.2, 0.25) is 5.91 Å². The SMILES string of the molecule is CCOC(=O)[C@H]1CCCN([C@H]2CC(=O)N(c3ccc(C)c([N+](=O)[O-])c3)C2=O)C1. The van der Waals surface area contributed by atoms with Crippen LogP contribution in [0.4, 0.5) is 11.4 Å². The zero-order valence-electron chi connectivity index (χ0n) is 15.9. The van der Waals surface area contributed by atoms with Gasteiger partial charge >= 0.3 is 5.97 Å². The number of piperidine rings is 1. The normalized spacial score (nSPS) is 23.1. The van der Waals surface area contributed by atoms with E-state index in [0.717, 1.165) is 11.3 Å². The van der Waals surface area contributed by atoms with Crippen molar-refractivity contribution in [2.75, 3.05) is 24.6 Å². The molecule has 9 nitrogen and oxygen atoms in total. The summed E-state index contributed by atoms with van der Waals surface area (Å²) >= 11 is 0. The summed E-state index contributed by atoms with van der Waals surface area (Å²) < 4.78 is 5.09. The number of benzene rings is 1. The number of amides is 2. The van der Waals surface area contributed by atoms with Crippen molar-refractivity contribution in [2.24, 2.45) is 5.92 Å². The number of hydrogen-bond acceptors (Lipinski definition) is 7. The van der Waals surface area contributed by atoms with Crippen LogP contribution >= 0.6 is 0 Å². The van der Waals surface area contributed by atoms with Gasteiger partial charge in [-0.1, -0.05) is 6.07 Å². The summed E-state index contributed by atoms with van der Waals surface area (Å²) in [6, 6.07) is 3.66. The molecule has 0 saturated carbocycles. The van der Waals surface area contributed by atoms with Gasteiger partial charge in [0.25, 0.3) is 11.6 Å². The summed E-state index contributed by atoms with van der Waals surface area (Å²) in [5.74, 6) is -1.40. The second-order valence-electron chi connectivity index (χ2n) is 7.10. The molecule has 0 spiro atoms. The van der Waals surface area contributed by atoms with Crippen LogP contribution in [-0.2, 0) is 19.1 Å². The van der Waals surface area contributed by atoms with Crippen molar-refractivity contribution >= 4 is 29.2 Å². The number of likely N-dealkylation sites (tertiary alicyclic amines) is 1. The van der Waals surface area contributed by atoms with Crippen molar-refractivity contribution in [3.8, 4) is 0 Å². The largest absolute Gasteiger partial charge is 0.466 e. The minimum absolute atomic E-state index is 0.00392. The minimum Gasteiger partial charge on any atom is -0.466 e. The summed E-state index contributed by atoms with van der Waals surface area (Å²) in [5.41, 5.74) is 0.522. The monoisotopic (exact) mass is 389 g/mol. The Hall–Kier alpha value is -2.81. The van der Waals surface area contributed by atoms with E-state index in [-0.39, 0.29) is 29.7 Å². The Balaban J connectivity index is 1.79. The van der Waals surface area contributed by atoms with E-state index in [2.05, 4.69) is 0 Å². The van der Waals surface area contributed by atoms with Crippen molar-refractivity contribution < 1.29 is 24.0 Å². The first-order valence-corrected chi connectivity index (χ1v) is 9.36. The van der Waals surface area contributed by atoms with Gasteiger partial charge in [0.15, 0.2) is 0 Å². The van der Waals surface area contributed by atoms with Crippen LogP contribution in [0, 0.1) is 23.0 Å². The van der Waals surface area contributed by atoms with Gasteiger partial charge in [0.05, 0.1) is 35.6 Å². The highest BCUT2D eigenvalue weighted by Crippen LogP contribution is 2.31. The molecule has 0 N–H and O–H groups in total. The number of hydrogen-bond donors (Lipinski definition) is 0. The fourth-order valence-corrected chi connectivity index (χ4v) is 3.85. The number of imide groups is 1. The summed E-state index contributed by atoms with van der Waals surface area (Å²) in [4.78, 5) is 51.1. The van der Waals surface area contributed by atoms with Crippen molar-refractivity contribution in [3.05, 3.63) is 33.9 Å². The van der Waals surface area contributed by atoms with Crippen LogP contribution in [0.1, 0.15) is 31.7 Å². The third-order valence-corrected chi connectivity index (χ3v) is 5.28. The van der Waals surface area contributed by atoms with Gasteiger partial charge in [-0.25, -0.2) is 4.90 Å². The van der Waals surface area contributed by atoms with Crippen molar-refractivity contribution in [3.63, 3.8) is 0 Å². The molecule has 0 radical (unpaired) electrons. The topological polar surface area (TPSA) is 110 Å². The summed E-state index contributed by atoms with van der Waals surface area (Å²) in [6.07, 6.45) is 1.42. The van der Waals surface area contributed by atoms with Crippen LogP contribution in [0.2, 0.25) is 0 Å². The Bertz CT molecular complexity index is 824. The molecule has 2 amide bonds. The van der Waals surface area contributed by atoms with E-state index >= 15 is 0 Å². The van der Waals surface area contributed by atoms with Crippen LogP contribution in [0.5, 0.6) is 0 Å². The van der Waals surface area contributed by atoms with Gasteiger partial charge in [-0.05, 0) is 39.3 Å². The predicted molar refractivity (Wildman–Crippen MR) is 99.7 cm³/mol. The predicted octanol–water partition coefficient (Wildman–Crippen LogP) is 1.81. The Morgan fingerprint density at radius 1 is 1.36 bits per heavy atom. The van der Waals surface area contributed by atoms with E-state index in [1.807, 2.05) is 4.90 Å². The van der Waals surface area contributed by atoms with E-state index in [9.17, 15) is 24.5 Å². The molecule has 1 aromatic rings. The zero-order valence-corrected chi connectivity index (χ0v) is 15.9. The van der Waals surface area contributed by atoms with Gasteiger partial charge < -0.3 is 4.74 Å². The van der Waals surface area contributed by atoms with E-state index < -0.39 is 22.8 Å². The molecule has 1 aromatic carbocycles. The number of carbonyl (C=O) groups excluding carboxylic acids is 3. The number of nitrogens with zero attached hydrogens (tertiary/aromatic N) is 3. The lowest BCUT2D eigenvalue weighted by Gasteiger charge is -2.34. The first-order chi connectivity index (χ1) is 13.3. The van der Waals surface area contributed by atoms with Crippen LogP contribution in [0.25, 0.3) is 0 Å².